The molecule has 1 heterocycles. The molecule has 0 N–H and O–H groups in total. The zero-order valence-electron chi connectivity index (χ0n) is 14.8. The molecule has 0 saturated carbocycles. The Labute approximate surface area is 137 Å². The summed E-state index contributed by atoms with van der Waals surface area (Å²) in [7, 11) is 0. The summed E-state index contributed by atoms with van der Waals surface area (Å²) >= 11 is 0. The van der Waals surface area contributed by atoms with E-state index in [2.05, 4.69) is 35.3 Å². The van der Waals surface area contributed by atoms with Crippen LogP contribution in [-0.4, -0.2) is 15.4 Å². The van der Waals surface area contributed by atoms with Crippen LogP contribution in [0.2, 0.25) is 0 Å². The smallest absolute Gasteiger partial charge is 0.0667 e. The predicted molar refractivity (Wildman–Crippen MR) is 94.0 cm³/mol. The van der Waals surface area contributed by atoms with E-state index in [1.54, 1.807) is 0 Å². The van der Waals surface area contributed by atoms with Crippen molar-refractivity contribution in [3.05, 3.63) is 17.5 Å². The van der Waals surface area contributed by atoms with Gasteiger partial charge < -0.3 is 0 Å². The Kier molecular flexibility index (Phi) is 11.8. The molecule has 1 rings (SSSR count). The van der Waals surface area contributed by atoms with Gasteiger partial charge in [0, 0.05) is 0 Å². The third-order valence-electron chi connectivity index (χ3n) is 4.25. The first-order chi connectivity index (χ1) is 10.9. The Bertz CT molecular complexity index is 334. The van der Waals surface area contributed by atoms with Gasteiger partial charge in [-0.05, 0) is 37.0 Å². The second kappa shape index (κ2) is 13.7. The normalized spacial score (nSPS) is 11.0. The van der Waals surface area contributed by atoms with Gasteiger partial charge in [-0.25, -0.2) is 0 Å². The van der Waals surface area contributed by atoms with Crippen LogP contribution in [0.25, 0.3) is 0 Å². The topological polar surface area (TPSA) is 38.7 Å². The molecule has 0 aliphatic rings. The molecule has 0 unspecified atom stereocenters. The quantitative estimate of drug-likeness (QED) is 0.415. The summed E-state index contributed by atoms with van der Waals surface area (Å²) in [5.41, 5.74) is 2.26. The molecule has 0 fully saturated rings. The number of hydrogen-bond acceptors (Lipinski definition) is 3. The van der Waals surface area contributed by atoms with E-state index in [9.17, 15) is 0 Å². The predicted octanol–water partition coefficient (Wildman–Crippen LogP) is 5.68. The number of nitrogens with zero attached hydrogens (tertiary/aromatic N) is 3. The van der Waals surface area contributed by atoms with Gasteiger partial charge in [-0.15, -0.1) is 10.2 Å². The lowest BCUT2D eigenvalue weighted by atomic mass is 10.1. The largest absolute Gasteiger partial charge is 0.135 e. The zero-order valence-corrected chi connectivity index (χ0v) is 14.8. The van der Waals surface area contributed by atoms with Crippen LogP contribution < -0.4 is 0 Å². The summed E-state index contributed by atoms with van der Waals surface area (Å²) in [5, 5.41) is 12.3. The van der Waals surface area contributed by atoms with Crippen molar-refractivity contribution in [3.63, 3.8) is 0 Å². The van der Waals surface area contributed by atoms with Crippen molar-refractivity contribution < 1.29 is 0 Å². The Morgan fingerprint density at radius 3 is 1.45 bits per heavy atom. The number of rotatable bonds is 14. The summed E-state index contributed by atoms with van der Waals surface area (Å²) in [4.78, 5) is 0. The Balaban J connectivity index is 2.13. The standard InChI is InChI=1S/C19H35N3/c1-3-5-7-9-11-13-15-18-17-19(21-22-20-18)16-14-12-10-8-6-4-2/h17H,3-16H2,1-2H3. The van der Waals surface area contributed by atoms with E-state index < -0.39 is 0 Å². The first-order valence-corrected chi connectivity index (χ1v) is 9.55. The van der Waals surface area contributed by atoms with Crippen LogP contribution in [0.4, 0.5) is 0 Å². The minimum atomic E-state index is 1.06. The van der Waals surface area contributed by atoms with Gasteiger partial charge in [0.05, 0.1) is 11.4 Å². The summed E-state index contributed by atoms with van der Waals surface area (Å²) < 4.78 is 0. The average Bonchev–Trinajstić information content (AvgIpc) is 2.54. The van der Waals surface area contributed by atoms with Crippen LogP contribution in [0.15, 0.2) is 6.07 Å². The molecule has 0 radical (unpaired) electrons. The van der Waals surface area contributed by atoms with Crippen molar-refractivity contribution in [1.82, 2.24) is 15.4 Å². The molecule has 126 valence electrons. The van der Waals surface area contributed by atoms with Crippen LogP contribution in [0.3, 0.4) is 0 Å². The highest BCUT2D eigenvalue weighted by Gasteiger charge is 2.01. The van der Waals surface area contributed by atoms with Crippen molar-refractivity contribution in [3.8, 4) is 0 Å². The van der Waals surface area contributed by atoms with Gasteiger partial charge in [0.15, 0.2) is 0 Å². The summed E-state index contributed by atoms with van der Waals surface area (Å²) in [5.74, 6) is 0. The molecular weight excluding hydrogens is 270 g/mol. The first kappa shape index (κ1) is 19.1. The fourth-order valence-corrected chi connectivity index (χ4v) is 2.80. The monoisotopic (exact) mass is 305 g/mol. The van der Waals surface area contributed by atoms with Crippen LogP contribution in [0.5, 0.6) is 0 Å². The molecule has 0 aromatic carbocycles. The highest BCUT2D eigenvalue weighted by molar-refractivity contribution is 5.06. The van der Waals surface area contributed by atoms with E-state index in [0.29, 0.717) is 0 Å². The molecule has 0 bridgehead atoms. The van der Waals surface area contributed by atoms with Crippen LogP contribution in [-0.2, 0) is 12.8 Å². The molecule has 0 saturated heterocycles. The molecule has 0 amide bonds. The van der Waals surface area contributed by atoms with Gasteiger partial charge in [0.25, 0.3) is 0 Å². The molecule has 0 aliphatic carbocycles. The first-order valence-electron chi connectivity index (χ1n) is 9.55. The highest BCUT2D eigenvalue weighted by atomic mass is 15.3. The van der Waals surface area contributed by atoms with Crippen LogP contribution >= 0.6 is 0 Å². The highest BCUT2D eigenvalue weighted by Crippen LogP contribution is 2.11. The number of aromatic nitrogens is 3. The molecule has 3 nitrogen and oxygen atoms in total. The second-order valence-electron chi connectivity index (χ2n) is 6.45. The van der Waals surface area contributed by atoms with Crippen molar-refractivity contribution in [1.29, 1.82) is 0 Å². The molecule has 0 spiro atoms. The molecule has 22 heavy (non-hydrogen) atoms. The third kappa shape index (κ3) is 9.86. The molecule has 0 atom stereocenters. The maximum atomic E-state index is 4.18. The molecule has 0 aliphatic heterocycles. The van der Waals surface area contributed by atoms with Crippen LogP contribution in [0.1, 0.15) is 102 Å². The van der Waals surface area contributed by atoms with E-state index in [1.165, 1.54) is 77.0 Å². The molecule has 1 aromatic rings. The SMILES string of the molecule is CCCCCCCCc1cc(CCCCCCCC)nnn1. The maximum absolute atomic E-state index is 4.18. The van der Waals surface area contributed by atoms with Crippen molar-refractivity contribution in [2.45, 2.75) is 104 Å². The van der Waals surface area contributed by atoms with E-state index in [-0.39, 0.29) is 0 Å². The molecular formula is C19H35N3. The van der Waals surface area contributed by atoms with Gasteiger partial charge in [0.2, 0.25) is 0 Å². The van der Waals surface area contributed by atoms with Gasteiger partial charge >= 0.3 is 0 Å². The minimum absolute atomic E-state index is 1.06. The van der Waals surface area contributed by atoms with Crippen molar-refractivity contribution >= 4 is 0 Å². The van der Waals surface area contributed by atoms with Crippen molar-refractivity contribution in [2.75, 3.05) is 0 Å². The lowest BCUT2D eigenvalue weighted by molar-refractivity contribution is 0.592. The van der Waals surface area contributed by atoms with Crippen molar-refractivity contribution in [2.24, 2.45) is 0 Å². The van der Waals surface area contributed by atoms with Crippen LogP contribution in [0, 0.1) is 0 Å². The Hall–Kier alpha value is -0.990. The van der Waals surface area contributed by atoms with Gasteiger partial charge in [-0.2, -0.15) is 0 Å². The fraction of sp³-hybridized carbons (Fsp3) is 0.842. The molecule has 1 aromatic heterocycles. The Morgan fingerprint density at radius 2 is 1.00 bits per heavy atom. The second-order valence-corrected chi connectivity index (χ2v) is 6.45. The van der Waals surface area contributed by atoms with E-state index in [0.717, 1.165) is 24.2 Å². The number of aryl methyl sites for hydroxylation is 2. The molecule has 3 heteroatoms. The zero-order chi connectivity index (χ0) is 15.9. The summed E-state index contributed by atoms with van der Waals surface area (Å²) in [6.45, 7) is 4.52. The number of unbranched alkanes of at least 4 members (excludes halogenated alkanes) is 10. The van der Waals surface area contributed by atoms with Gasteiger partial charge in [-0.3, -0.25) is 0 Å². The summed E-state index contributed by atoms with van der Waals surface area (Å²) in [6.07, 6.45) is 18.1. The Morgan fingerprint density at radius 1 is 0.591 bits per heavy atom. The van der Waals surface area contributed by atoms with Gasteiger partial charge in [-0.1, -0.05) is 78.1 Å². The number of hydrogen-bond donors (Lipinski definition) is 0. The fourth-order valence-electron chi connectivity index (χ4n) is 2.80. The summed E-state index contributed by atoms with van der Waals surface area (Å²) in [6, 6.07) is 2.17. The van der Waals surface area contributed by atoms with E-state index in [1.807, 2.05) is 0 Å². The third-order valence-corrected chi connectivity index (χ3v) is 4.25. The average molecular weight is 306 g/mol. The van der Waals surface area contributed by atoms with Gasteiger partial charge in [0.1, 0.15) is 0 Å². The van der Waals surface area contributed by atoms with E-state index in [4.69, 9.17) is 0 Å². The lowest BCUT2D eigenvalue weighted by Gasteiger charge is -2.03. The lowest BCUT2D eigenvalue weighted by Crippen LogP contribution is -2.01. The van der Waals surface area contributed by atoms with E-state index >= 15 is 0 Å². The maximum Gasteiger partial charge on any atom is 0.0667 e. The minimum Gasteiger partial charge on any atom is -0.135 e.